The molecule has 1 aliphatic heterocycles. The van der Waals surface area contributed by atoms with Crippen molar-refractivity contribution in [1.29, 1.82) is 0 Å². The van der Waals surface area contributed by atoms with Gasteiger partial charge in [0.25, 0.3) is 0 Å². The Morgan fingerprint density at radius 1 is 1.33 bits per heavy atom. The summed E-state index contributed by atoms with van der Waals surface area (Å²) in [6.07, 6.45) is 3.15. The number of halogens is 3. The Labute approximate surface area is 87.3 Å². The van der Waals surface area contributed by atoms with Crippen LogP contribution in [-0.2, 0) is 0 Å². The molecular weight excluding hydrogens is 203 g/mol. The smallest absolute Gasteiger partial charge is 0.368 e. The van der Waals surface area contributed by atoms with E-state index in [0.29, 0.717) is 6.54 Å². The Kier molecular flexibility index (Phi) is 2.32. The van der Waals surface area contributed by atoms with Gasteiger partial charge in [-0.1, -0.05) is 6.08 Å². The molecule has 84 valence electrons. The minimum atomic E-state index is -4.21. The third-order valence-electron chi connectivity index (χ3n) is 3.39. The van der Waals surface area contributed by atoms with Crippen LogP contribution in [0.5, 0.6) is 0 Å². The van der Waals surface area contributed by atoms with Crippen LogP contribution < -0.4 is 0 Å². The fourth-order valence-electron chi connectivity index (χ4n) is 2.08. The van der Waals surface area contributed by atoms with E-state index >= 15 is 0 Å². The van der Waals surface area contributed by atoms with Crippen LogP contribution in [0.4, 0.5) is 13.2 Å². The van der Waals surface area contributed by atoms with Crippen molar-refractivity contribution in [3.05, 3.63) is 23.9 Å². The number of hydrogen-bond acceptors (Lipinski definition) is 1. The molecule has 0 aromatic carbocycles. The van der Waals surface area contributed by atoms with Crippen molar-refractivity contribution in [2.45, 2.75) is 37.9 Å². The van der Waals surface area contributed by atoms with E-state index in [0.717, 1.165) is 12.8 Å². The van der Waals surface area contributed by atoms with Gasteiger partial charge in [0.05, 0.1) is 5.57 Å². The van der Waals surface area contributed by atoms with Gasteiger partial charge in [0.15, 0.2) is 0 Å². The maximum absolute atomic E-state index is 12.3. The van der Waals surface area contributed by atoms with Crippen LogP contribution in [0.3, 0.4) is 0 Å². The van der Waals surface area contributed by atoms with Crippen molar-refractivity contribution in [3.63, 3.8) is 0 Å². The van der Waals surface area contributed by atoms with Gasteiger partial charge in [-0.15, -0.1) is 0 Å². The molecule has 1 fully saturated rings. The number of rotatable bonds is 1. The average molecular weight is 217 g/mol. The highest BCUT2D eigenvalue weighted by molar-refractivity contribution is 5.28. The molecule has 0 saturated heterocycles. The maximum Gasteiger partial charge on any atom is 0.416 e. The van der Waals surface area contributed by atoms with Crippen molar-refractivity contribution in [2.75, 3.05) is 6.54 Å². The molecule has 15 heavy (non-hydrogen) atoms. The maximum atomic E-state index is 12.3. The normalized spacial score (nSPS) is 24.8. The quantitative estimate of drug-likeness (QED) is 0.651. The highest BCUT2D eigenvalue weighted by atomic mass is 19.4. The lowest BCUT2D eigenvalue weighted by Gasteiger charge is -2.48. The number of allylic oxidation sites excluding steroid dienone is 2. The van der Waals surface area contributed by atoms with E-state index < -0.39 is 11.7 Å². The van der Waals surface area contributed by atoms with Gasteiger partial charge in [0, 0.05) is 18.3 Å². The second kappa shape index (κ2) is 3.29. The first-order chi connectivity index (χ1) is 6.92. The number of nitrogens with zero attached hydrogens (tertiary/aromatic N) is 1. The topological polar surface area (TPSA) is 3.24 Å². The van der Waals surface area contributed by atoms with Crippen LogP contribution in [0.2, 0.25) is 0 Å². The summed E-state index contributed by atoms with van der Waals surface area (Å²) in [5.41, 5.74) is -0.439. The minimum Gasteiger partial charge on any atom is -0.368 e. The average Bonchev–Trinajstić information content (AvgIpc) is 2.13. The van der Waals surface area contributed by atoms with Gasteiger partial charge < -0.3 is 4.90 Å². The molecule has 1 aliphatic carbocycles. The lowest BCUT2D eigenvalue weighted by Crippen LogP contribution is -2.49. The highest BCUT2D eigenvalue weighted by Gasteiger charge is 2.39. The first-order valence-electron chi connectivity index (χ1n) is 5.14. The molecule has 0 unspecified atom stereocenters. The van der Waals surface area contributed by atoms with Gasteiger partial charge in [-0.3, -0.25) is 0 Å². The molecular formula is C11H14F3N. The molecule has 0 aromatic rings. The predicted octanol–water partition coefficient (Wildman–Crippen LogP) is 3.25. The van der Waals surface area contributed by atoms with Crippen LogP contribution >= 0.6 is 0 Å². The SMILES string of the molecule is CC1(N2C=CC(C(F)(F)F)=CC2)CCC1. The third-order valence-corrected chi connectivity index (χ3v) is 3.39. The molecule has 0 aromatic heterocycles. The van der Waals surface area contributed by atoms with Crippen molar-refractivity contribution >= 4 is 0 Å². The molecule has 1 nitrogen and oxygen atoms in total. The minimum absolute atomic E-state index is 0.0874. The summed E-state index contributed by atoms with van der Waals surface area (Å²) in [6, 6.07) is 0. The van der Waals surface area contributed by atoms with Gasteiger partial charge in [-0.2, -0.15) is 13.2 Å². The highest BCUT2D eigenvalue weighted by Crippen LogP contribution is 2.39. The Hall–Kier alpha value is -0.930. The molecule has 0 radical (unpaired) electrons. The Balaban J connectivity index is 2.04. The molecule has 0 bridgehead atoms. The zero-order valence-electron chi connectivity index (χ0n) is 8.64. The zero-order valence-corrected chi connectivity index (χ0v) is 8.64. The summed E-state index contributed by atoms with van der Waals surface area (Å²) in [5.74, 6) is 0. The van der Waals surface area contributed by atoms with Crippen molar-refractivity contribution in [2.24, 2.45) is 0 Å². The summed E-state index contributed by atoms with van der Waals surface area (Å²) in [7, 11) is 0. The largest absolute Gasteiger partial charge is 0.416 e. The molecule has 0 N–H and O–H groups in total. The first kappa shape index (κ1) is 10.6. The Bertz CT molecular complexity index is 310. The summed E-state index contributed by atoms with van der Waals surface area (Å²) in [5, 5.41) is 0. The fraction of sp³-hybridized carbons (Fsp3) is 0.636. The predicted molar refractivity (Wildman–Crippen MR) is 52.2 cm³/mol. The van der Waals surface area contributed by atoms with Gasteiger partial charge in [-0.25, -0.2) is 0 Å². The van der Waals surface area contributed by atoms with Gasteiger partial charge in [0.2, 0.25) is 0 Å². The second-order valence-electron chi connectivity index (χ2n) is 4.48. The van der Waals surface area contributed by atoms with Crippen LogP contribution in [0.25, 0.3) is 0 Å². The number of alkyl halides is 3. The van der Waals surface area contributed by atoms with Crippen LogP contribution in [0, 0.1) is 0 Å². The number of hydrogen-bond donors (Lipinski definition) is 0. The molecule has 4 heteroatoms. The molecule has 2 rings (SSSR count). The lowest BCUT2D eigenvalue weighted by molar-refractivity contribution is -0.0893. The van der Waals surface area contributed by atoms with E-state index in [1.807, 2.05) is 4.90 Å². The Morgan fingerprint density at radius 3 is 2.33 bits per heavy atom. The summed E-state index contributed by atoms with van der Waals surface area (Å²) in [6.45, 7) is 2.48. The van der Waals surface area contributed by atoms with E-state index in [2.05, 4.69) is 6.92 Å². The first-order valence-corrected chi connectivity index (χ1v) is 5.14. The van der Waals surface area contributed by atoms with E-state index in [1.54, 1.807) is 6.20 Å². The standard InChI is InChI=1S/C11H14F3N/c1-10(5-2-6-10)15-7-3-9(4-8-15)11(12,13)14/h3-4,7H,2,5-6,8H2,1H3. The van der Waals surface area contributed by atoms with Gasteiger partial charge in [0.1, 0.15) is 0 Å². The van der Waals surface area contributed by atoms with Crippen molar-refractivity contribution in [3.8, 4) is 0 Å². The van der Waals surface area contributed by atoms with Crippen molar-refractivity contribution in [1.82, 2.24) is 4.90 Å². The monoisotopic (exact) mass is 217 g/mol. The summed E-state index contributed by atoms with van der Waals surface area (Å²) < 4.78 is 37.0. The van der Waals surface area contributed by atoms with E-state index in [1.165, 1.54) is 18.6 Å². The fourth-order valence-corrected chi connectivity index (χ4v) is 2.08. The summed E-state index contributed by atoms with van der Waals surface area (Å²) >= 11 is 0. The summed E-state index contributed by atoms with van der Waals surface area (Å²) in [4.78, 5) is 2.01. The van der Waals surface area contributed by atoms with Gasteiger partial charge in [-0.05, 0) is 32.3 Å². The van der Waals surface area contributed by atoms with E-state index in [9.17, 15) is 13.2 Å². The second-order valence-corrected chi connectivity index (χ2v) is 4.48. The van der Waals surface area contributed by atoms with Crippen LogP contribution in [0.1, 0.15) is 26.2 Å². The van der Waals surface area contributed by atoms with Gasteiger partial charge >= 0.3 is 6.18 Å². The third kappa shape index (κ3) is 1.90. The Morgan fingerprint density at radius 2 is 2.00 bits per heavy atom. The molecule has 0 spiro atoms. The van der Waals surface area contributed by atoms with Crippen LogP contribution in [-0.4, -0.2) is 23.2 Å². The molecule has 0 amide bonds. The molecule has 1 saturated carbocycles. The van der Waals surface area contributed by atoms with E-state index in [-0.39, 0.29) is 5.54 Å². The van der Waals surface area contributed by atoms with Crippen molar-refractivity contribution < 1.29 is 13.2 Å². The van der Waals surface area contributed by atoms with Crippen LogP contribution in [0.15, 0.2) is 23.9 Å². The molecule has 1 heterocycles. The van der Waals surface area contributed by atoms with E-state index in [4.69, 9.17) is 0 Å². The lowest BCUT2D eigenvalue weighted by atomic mass is 9.77. The molecule has 2 aliphatic rings. The zero-order chi connectivity index (χ0) is 11.1. The molecule has 0 atom stereocenters.